The summed E-state index contributed by atoms with van der Waals surface area (Å²) in [6.45, 7) is 3.05. The maximum atomic E-state index is 12.5. The van der Waals surface area contributed by atoms with Crippen molar-refractivity contribution in [2.45, 2.75) is 76.0 Å². The minimum Gasteiger partial charge on any atom is -0.391 e. The molecule has 0 aromatic rings. The number of carbonyl (C=O) groups is 1. The van der Waals surface area contributed by atoms with Crippen LogP contribution in [0.3, 0.4) is 0 Å². The van der Waals surface area contributed by atoms with Crippen LogP contribution in [0.25, 0.3) is 0 Å². The first kappa shape index (κ1) is 13.8. The molecule has 2 aliphatic rings. The molecule has 1 saturated carbocycles. The molecule has 0 radical (unpaired) electrons. The van der Waals surface area contributed by atoms with Gasteiger partial charge in [-0.25, -0.2) is 0 Å². The Morgan fingerprint density at radius 1 is 1.39 bits per heavy atom. The third-order valence-electron chi connectivity index (χ3n) is 4.40. The average molecular weight is 254 g/mol. The monoisotopic (exact) mass is 254 g/mol. The van der Waals surface area contributed by atoms with Gasteiger partial charge in [-0.1, -0.05) is 26.2 Å². The van der Waals surface area contributed by atoms with Gasteiger partial charge in [-0.3, -0.25) is 4.79 Å². The van der Waals surface area contributed by atoms with Gasteiger partial charge in [0.15, 0.2) is 0 Å². The zero-order chi connectivity index (χ0) is 13.0. The molecule has 2 fully saturated rings. The van der Waals surface area contributed by atoms with Crippen LogP contribution in [0.4, 0.5) is 0 Å². The minimum absolute atomic E-state index is 0.0395. The largest absolute Gasteiger partial charge is 0.391 e. The average Bonchev–Trinajstić information content (AvgIpc) is 2.82. The van der Waals surface area contributed by atoms with Crippen LogP contribution in [0.2, 0.25) is 0 Å². The highest BCUT2D eigenvalue weighted by atomic mass is 16.3. The Morgan fingerprint density at radius 2 is 2.17 bits per heavy atom. The lowest BCUT2D eigenvalue weighted by atomic mass is 9.88. The summed E-state index contributed by atoms with van der Waals surface area (Å²) in [5.74, 6) is 0.104. The maximum Gasteiger partial charge on any atom is 0.240 e. The molecule has 0 spiro atoms. The molecule has 0 aromatic carbocycles. The Kier molecular flexibility index (Phi) is 4.62. The topological polar surface area (TPSA) is 61.4 Å². The third kappa shape index (κ3) is 2.86. The molecule has 1 aliphatic carbocycles. The first-order valence-electron chi connectivity index (χ1n) is 7.42. The van der Waals surface area contributed by atoms with Crippen LogP contribution in [-0.2, 0) is 4.79 Å². The number of hydrogen-bond acceptors (Lipinski definition) is 3. The highest BCUT2D eigenvalue weighted by Crippen LogP contribution is 2.26. The molecule has 1 aliphatic heterocycles. The van der Waals surface area contributed by atoms with Crippen LogP contribution >= 0.6 is 0 Å². The summed E-state index contributed by atoms with van der Waals surface area (Å²) in [6, 6.07) is -0.0395. The van der Waals surface area contributed by atoms with Gasteiger partial charge in [0.2, 0.25) is 5.91 Å². The summed E-state index contributed by atoms with van der Waals surface area (Å²) in [4.78, 5) is 12.5. The van der Waals surface area contributed by atoms with E-state index in [0.29, 0.717) is 0 Å². The van der Waals surface area contributed by atoms with E-state index in [-0.39, 0.29) is 23.6 Å². The summed E-state index contributed by atoms with van der Waals surface area (Å²) in [5.41, 5.74) is -0.369. The predicted molar refractivity (Wildman–Crippen MR) is 71.3 cm³/mol. The molecular weight excluding hydrogens is 228 g/mol. The Hall–Kier alpha value is -0.610. The lowest BCUT2D eigenvalue weighted by Crippen LogP contribution is -2.58. The molecule has 2 rings (SSSR count). The van der Waals surface area contributed by atoms with Crippen molar-refractivity contribution in [2.75, 3.05) is 6.54 Å². The first-order chi connectivity index (χ1) is 8.68. The number of nitrogens with one attached hydrogen (secondary N) is 2. The molecule has 3 N–H and O–H groups in total. The molecular formula is C14H26N2O2. The normalized spacial score (nSPS) is 36.6. The van der Waals surface area contributed by atoms with Crippen molar-refractivity contribution in [3.05, 3.63) is 0 Å². The van der Waals surface area contributed by atoms with Crippen molar-refractivity contribution in [2.24, 2.45) is 0 Å². The zero-order valence-corrected chi connectivity index (χ0v) is 11.4. The Morgan fingerprint density at radius 3 is 2.78 bits per heavy atom. The second kappa shape index (κ2) is 6.02. The summed E-state index contributed by atoms with van der Waals surface area (Å²) < 4.78 is 0. The van der Waals surface area contributed by atoms with E-state index in [1.807, 2.05) is 0 Å². The summed E-state index contributed by atoms with van der Waals surface area (Å²) in [5, 5.41) is 16.4. The van der Waals surface area contributed by atoms with E-state index >= 15 is 0 Å². The number of hydrogen-bond donors (Lipinski definition) is 3. The van der Waals surface area contributed by atoms with E-state index in [1.165, 1.54) is 0 Å². The van der Waals surface area contributed by atoms with Gasteiger partial charge in [-0.2, -0.15) is 0 Å². The quantitative estimate of drug-likeness (QED) is 0.709. The number of aliphatic hydroxyl groups is 1. The maximum absolute atomic E-state index is 12.5. The van der Waals surface area contributed by atoms with Crippen LogP contribution < -0.4 is 10.6 Å². The summed E-state index contributed by atoms with van der Waals surface area (Å²) in [6.07, 6.45) is 7.45. The Labute approximate surface area is 110 Å². The van der Waals surface area contributed by atoms with Crippen LogP contribution in [0, 0.1) is 0 Å². The predicted octanol–water partition coefficient (Wildman–Crippen LogP) is 1.33. The van der Waals surface area contributed by atoms with Gasteiger partial charge in [0.25, 0.3) is 0 Å². The summed E-state index contributed by atoms with van der Waals surface area (Å²) in [7, 11) is 0. The Bertz CT molecular complexity index is 288. The van der Waals surface area contributed by atoms with Gasteiger partial charge >= 0.3 is 0 Å². The van der Waals surface area contributed by atoms with Gasteiger partial charge < -0.3 is 15.7 Å². The lowest BCUT2D eigenvalue weighted by Gasteiger charge is -2.34. The molecule has 0 aromatic heterocycles. The number of carbonyl (C=O) groups excluding carboxylic acids is 1. The lowest BCUT2D eigenvalue weighted by molar-refractivity contribution is -0.129. The molecule has 1 unspecified atom stereocenters. The van der Waals surface area contributed by atoms with Crippen molar-refractivity contribution in [3.63, 3.8) is 0 Å². The van der Waals surface area contributed by atoms with E-state index in [9.17, 15) is 9.90 Å². The van der Waals surface area contributed by atoms with Gasteiger partial charge in [0.05, 0.1) is 17.7 Å². The van der Waals surface area contributed by atoms with Crippen LogP contribution in [-0.4, -0.2) is 35.2 Å². The standard InChI is InChI=1S/C14H26N2O2/c1-2-8-14(9-5-10-15-14)13(18)16-11-6-3-4-7-12(11)17/h11-12,15,17H,2-10H2,1H3,(H,16,18)/t11-,12-,14?/m0/s1. The smallest absolute Gasteiger partial charge is 0.240 e. The van der Waals surface area contributed by atoms with Crippen molar-refractivity contribution >= 4 is 5.91 Å². The van der Waals surface area contributed by atoms with Gasteiger partial charge in [0.1, 0.15) is 0 Å². The van der Waals surface area contributed by atoms with Gasteiger partial charge in [-0.15, -0.1) is 0 Å². The molecule has 1 heterocycles. The fourth-order valence-electron chi connectivity index (χ4n) is 3.34. The zero-order valence-electron chi connectivity index (χ0n) is 11.4. The molecule has 1 amide bonds. The van der Waals surface area contributed by atoms with E-state index in [1.54, 1.807) is 0 Å². The number of amides is 1. The van der Waals surface area contributed by atoms with Crippen molar-refractivity contribution < 1.29 is 9.90 Å². The van der Waals surface area contributed by atoms with E-state index < -0.39 is 0 Å². The van der Waals surface area contributed by atoms with E-state index in [0.717, 1.165) is 57.9 Å². The van der Waals surface area contributed by atoms with Gasteiger partial charge in [0, 0.05) is 0 Å². The second-order valence-corrected chi connectivity index (χ2v) is 5.79. The first-order valence-corrected chi connectivity index (χ1v) is 7.42. The van der Waals surface area contributed by atoms with Crippen LogP contribution in [0.5, 0.6) is 0 Å². The third-order valence-corrected chi connectivity index (χ3v) is 4.40. The molecule has 1 saturated heterocycles. The summed E-state index contributed by atoms with van der Waals surface area (Å²) >= 11 is 0. The van der Waals surface area contributed by atoms with Crippen molar-refractivity contribution in [1.29, 1.82) is 0 Å². The SMILES string of the molecule is CCCC1(C(=O)N[C@H]2CCCC[C@@H]2O)CCCN1. The molecule has 104 valence electrons. The Balaban J connectivity index is 1.96. The van der Waals surface area contributed by atoms with Crippen molar-refractivity contribution in [1.82, 2.24) is 10.6 Å². The number of aliphatic hydroxyl groups excluding tert-OH is 1. The second-order valence-electron chi connectivity index (χ2n) is 5.79. The molecule has 3 atom stereocenters. The van der Waals surface area contributed by atoms with Gasteiger partial charge in [-0.05, 0) is 38.6 Å². The molecule has 18 heavy (non-hydrogen) atoms. The van der Waals surface area contributed by atoms with E-state index in [4.69, 9.17) is 0 Å². The fourth-order valence-corrected chi connectivity index (χ4v) is 3.34. The van der Waals surface area contributed by atoms with Crippen LogP contribution in [0.1, 0.15) is 58.3 Å². The number of rotatable bonds is 4. The van der Waals surface area contributed by atoms with Crippen molar-refractivity contribution in [3.8, 4) is 0 Å². The molecule has 4 nitrogen and oxygen atoms in total. The minimum atomic E-state index is -0.369. The highest BCUT2D eigenvalue weighted by Gasteiger charge is 2.41. The highest BCUT2D eigenvalue weighted by molar-refractivity contribution is 5.87. The fraction of sp³-hybridized carbons (Fsp3) is 0.929. The van der Waals surface area contributed by atoms with Crippen LogP contribution in [0.15, 0.2) is 0 Å². The molecule has 4 heteroatoms. The van der Waals surface area contributed by atoms with E-state index in [2.05, 4.69) is 17.6 Å². The molecule has 0 bridgehead atoms.